The molecule has 0 bridgehead atoms. The van der Waals surface area contributed by atoms with Crippen molar-refractivity contribution in [3.63, 3.8) is 0 Å². The van der Waals surface area contributed by atoms with Gasteiger partial charge in [-0.05, 0) is 44.6 Å². The van der Waals surface area contributed by atoms with Crippen LogP contribution in [0, 0.1) is 0 Å². The number of hydrogen-bond donors (Lipinski definition) is 2. The molecule has 7 heteroatoms. The summed E-state index contributed by atoms with van der Waals surface area (Å²) in [4.78, 5) is 24.8. The molecule has 164 valence electrons. The van der Waals surface area contributed by atoms with Crippen molar-refractivity contribution in [2.24, 2.45) is 0 Å². The van der Waals surface area contributed by atoms with E-state index < -0.39 is 5.97 Å². The van der Waals surface area contributed by atoms with E-state index >= 15 is 0 Å². The number of carboxylic acid groups (broad SMARTS) is 1. The minimum atomic E-state index is -0.897. The molecule has 0 spiro atoms. The van der Waals surface area contributed by atoms with E-state index in [4.69, 9.17) is 14.6 Å². The summed E-state index contributed by atoms with van der Waals surface area (Å²) < 4.78 is 10.8. The van der Waals surface area contributed by atoms with Crippen molar-refractivity contribution in [1.29, 1.82) is 0 Å². The van der Waals surface area contributed by atoms with E-state index in [1.807, 2.05) is 43.3 Å². The van der Waals surface area contributed by atoms with Crippen molar-refractivity contribution >= 4 is 11.9 Å². The predicted molar refractivity (Wildman–Crippen MR) is 113 cm³/mol. The topological polar surface area (TPSA) is 88.1 Å². The number of likely N-dealkylation sites (N-methyl/N-ethyl adjacent to an activating group) is 1. The highest BCUT2D eigenvalue weighted by atomic mass is 16.5. The van der Waals surface area contributed by atoms with Gasteiger partial charge < -0.3 is 24.8 Å². The number of nitrogens with zero attached hydrogens (tertiary/aromatic N) is 1. The normalized spacial score (nSPS) is 12.0. The van der Waals surface area contributed by atoms with Crippen LogP contribution in [-0.4, -0.2) is 62.3 Å². The van der Waals surface area contributed by atoms with Crippen molar-refractivity contribution < 1.29 is 24.2 Å². The Morgan fingerprint density at radius 2 is 1.72 bits per heavy atom. The molecule has 0 aliphatic rings. The number of carbonyl (C=O) groups is 2. The van der Waals surface area contributed by atoms with Gasteiger partial charge in [0.25, 0.3) is 0 Å². The Morgan fingerprint density at radius 1 is 1.07 bits per heavy atom. The summed E-state index contributed by atoms with van der Waals surface area (Å²) >= 11 is 0. The molecule has 1 atom stereocenters. The Hall–Kier alpha value is -2.12. The molecule has 0 radical (unpaired) electrons. The van der Waals surface area contributed by atoms with Crippen molar-refractivity contribution in [2.45, 2.75) is 57.6 Å². The molecular formula is C22H36N2O5. The van der Waals surface area contributed by atoms with Gasteiger partial charge in [0.05, 0.1) is 26.2 Å². The monoisotopic (exact) mass is 408 g/mol. The third-order valence-corrected chi connectivity index (χ3v) is 4.49. The molecule has 1 aromatic carbocycles. The van der Waals surface area contributed by atoms with Crippen molar-refractivity contribution in [3.8, 4) is 5.75 Å². The number of rotatable bonds is 16. The Bertz CT molecular complexity index is 589. The van der Waals surface area contributed by atoms with Gasteiger partial charge in [-0.1, -0.05) is 31.4 Å². The lowest BCUT2D eigenvalue weighted by Gasteiger charge is -2.20. The number of aliphatic carboxylic acids is 1. The summed E-state index contributed by atoms with van der Waals surface area (Å²) in [6.07, 6.45) is 5.34. The van der Waals surface area contributed by atoms with Crippen molar-refractivity contribution in [2.75, 3.05) is 34.4 Å². The molecule has 1 aromatic rings. The number of hydrogen-bond acceptors (Lipinski definition) is 5. The van der Waals surface area contributed by atoms with Gasteiger partial charge in [0.1, 0.15) is 5.75 Å². The number of carboxylic acids is 1. The Morgan fingerprint density at radius 3 is 2.34 bits per heavy atom. The number of amides is 1. The fourth-order valence-corrected chi connectivity index (χ4v) is 3.04. The van der Waals surface area contributed by atoms with E-state index in [-0.39, 0.29) is 18.4 Å². The van der Waals surface area contributed by atoms with E-state index in [1.165, 1.54) is 0 Å². The quantitative estimate of drug-likeness (QED) is 0.409. The van der Waals surface area contributed by atoms with E-state index in [2.05, 4.69) is 5.32 Å². The SMILES string of the molecule is COc1ccc(COCCCCCCCC(=O)N[C@H](CC(=O)O)CN(C)C)cc1. The molecule has 0 aliphatic heterocycles. The summed E-state index contributed by atoms with van der Waals surface area (Å²) in [7, 11) is 5.38. The first-order valence-electron chi connectivity index (χ1n) is 10.3. The number of nitrogens with one attached hydrogen (secondary N) is 1. The van der Waals surface area contributed by atoms with Gasteiger partial charge in [0.15, 0.2) is 0 Å². The summed E-state index contributed by atoms with van der Waals surface area (Å²) in [6, 6.07) is 7.52. The highest BCUT2D eigenvalue weighted by Crippen LogP contribution is 2.12. The molecule has 2 N–H and O–H groups in total. The van der Waals surface area contributed by atoms with E-state index in [0.29, 0.717) is 19.6 Å². The van der Waals surface area contributed by atoms with Crippen molar-refractivity contribution in [1.82, 2.24) is 10.2 Å². The lowest BCUT2D eigenvalue weighted by atomic mass is 10.1. The number of ether oxygens (including phenoxy) is 2. The van der Waals surface area contributed by atoms with Gasteiger partial charge in [0, 0.05) is 19.6 Å². The van der Waals surface area contributed by atoms with E-state index in [0.717, 1.165) is 50.0 Å². The molecule has 1 rings (SSSR count). The first-order chi connectivity index (χ1) is 13.9. The zero-order chi connectivity index (χ0) is 21.5. The Kier molecular flexibility index (Phi) is 12.7. The van der Waals surface area contributed by atoms with Crippen LogP contribution in [-0.2, 0) is 20.9 Å². The summed E-state index contributed by atoms with van der Waals surface area (Å²) in [5, 5.41) is 11.8. The van der Waals surface area contributed by atoms with Crippen LogP contribution in [0.3, 0.4) is 0 Å². The van der Waals surface area contributed by atoms with E-state index in [9.17, 15) is 9.59 Å². The fraction of sp³-hybridized carbons (Fsp3) is 0.636. The molecule has 1 amide bonds. The van der Waals surface area contributed by atoms with Crippen molar-refractivity contribution in [3.05, 3.63) is 29.8 Å². The number of methoxy groups -OCH3 is 1. The van der Waals surface area contributed by atoms with Crippen LogP contribution >= 0.6 is 0 Å². The molecule has 7 nitrogen and oxygen atoms in total. The molecule has 0 unspecified atom stereocenters. The molecule has 0 fully saturated rings. The first kappa shape index (κ1) is 24.9. The second-order valence-electron chi connectivity index (χ2n) is 7.54. The summed E-state index contributed by atoms with van der Waals surface area (Å²) in [6.45, 7) is 1.86. The van der Waals surface area contributed by atoms with Crippen LogP contribution in [0.1, 0.15) is 50.5 Å². The third kappa shape index (κ3) is 12.9. The minimum Gasteiger partial charge on any atom is -0.497 e. The maximum atomic E-state index is 12.0. The zero-order valence-corrected chi connectivity index (χ0v) is 18.0. The maximum Gasteiger partial charge on any atom is 0.305 e. The van der Waals surface area contributed by atoms with Gasteiger partial charge >= 0.3 is 5.97 Å². The zero-order valence-electron chi connectivity index (χ0n) is 18.0. The molecular weight excluding hydrogens is 372 g/mol. The molecule has 29 heavy (non-hydrogen) atoms. The summed E-state index contributed by atoms with van der Waals surface area (Å²) in [5.41, 5.74) is 1.13. The standard InChI is InChI=1S/C22H36N2O5/c1-24(2)16-19(15-22(26)27)23-21(25)9-7-5-4-6-8-14-29-17-18-10-12-20(28-3)13-11-18/h10-13,19H,4-9,14-17H2,1-3H3,(H,23,25)(H,26,27)/t19-/m1/s1. The predicted octanol–water partition coefficient (Wildman–Crippen LogP) is 3.07. The molecule has 0 heterocycles. The van der Waals surface area contributed by atoms with Gasteiger partial charge in [-0.2, -0.15) is 0 Å². The van der Waals surface area contributed by atoms with Crippen LogP contribution in [0.15, 0.2) is 24.3 Å². The second kappa shape index (κ2) is 14.8. The molecule has 0 aromatic heterocycles. The minimum absolute atomic E-state index is 0.0551. The van der Waals surface area contributed by atoms with E-state index in [1.54, 1.807) is 7.11 Å². The molecule has 0 aliphatic carbocycles. The van der Waals surface area contributed by atoms with Crippen LogP contribution in [0.25, 0.3) is 0 Å². The van der Waals surface area contributed by atoms with Gasteiger partial charge in [-0.25, -0.2) is 0 Å². The van der Waals surface area contributed by atoms with Crippen LogP contribution in [0.5, 0.6) is 5.75 Å². The molecule has 0 saturated heterocycles. The number of benzene rings is 1. The fourth-order valence-electron chi connectivity index (χ4n) is 3.04. The van der Waals surface area contributed by atoms with Crippen LogP contribution < -0.4 is 10.1 Å². The largest absolute Gasteiger partial charge is 0.497 e. The highest BCUT2D eigenvalue weighted by molar-refractivity contribution is 5.77. The van der Waals surface area contributed by atoms with Gasteiger partial charge in [-0.15, -0.1) is 0 Å². The Balaban J connectivity index is 2.03. The second-order valence-corrected chi connectivity index (χ2v) is 7.54. The average Bonchev–Trinajstić information content (AvgIpc) is 2.66. The lowest BCUT2D eigenvalue weighted by molar-refractivity contribution is -0.137. The lowest BCUT2D eigenvalue weighted by Crippen LogP contribution is -2.42. The maximum absolute atomic E-state index is 12.0. The molecule has 0 saturated carbocycles. The summed E-state index contributed by atoms with van der Waals surface area (Å²) in [5.74, 6) is -0.121. The van der Waals surface area contributed by atoms with Gasteiger partial charge in [-0.3, -0.25) is 9.59 Å². The average molecular weight is 409 g/mol. The third-order valence-electron chi connectivity index (χ3n) is 4.49. The Labute approximate surface area is 174 Å². The first-order valence-corrected chi connectivity index (χ1v) is 10.3. The number of carbonyl (C=O) groups excluding carboxylic acids is 1. The smallest absolute Gasteiger partial charge is 0.305 e. The van der Waals surface area contributed by atoms with Crippen LogP contribution in [0.2, 0.25) is 0 Å². The van der Waals surface area contributed by atoms with Crippen LogP contribution in [0.4, 0.5) is 0 Å². The number of unbranched alkanes of at least 4 members (excludes halogenated alkanes) is 4. The highest BCUT2D eigenvalue weighted by Gasteiger charge is 2.16. The van der Waals surface area contributed by atoms with Gasteiger partial charge in [0.2, 0.25) is 5.91 Å².